The van der Waals surface area contributed by atoms with Gasteiger partial charge in [0.15, 0.2) is 23.6 Å². The molecule has 0 unspecified atom stereocenters. The Morgan fingerprint density at radius 2 is 1.80 bits per heavy atom. The fourth-order valence-electron chi connectivity index (χ4n) is 6.44. The molecule has 0 saturated carbocycles. The average Bonchev–Trinajstić information content (AvgIpc) is 3.53. The van der Waals surface area contributed by atoms with Crippen molar-refractivity contribution in [2.75, 3.05) is 50.6 Å². The van der Waals surface area contributed by atoms with E-state index in [0.717, 1.165) is 37.6 Å². The summed E-state index contributed by atoms with van der Waals surface area (Å²) in [6.45, 7) is 10.3. The molecule has 0 spiro atoms. The van der Waals surface area contributed by atoms with Crippen molar-refractivity contribution in [1.82, 2.24) is 9.88 Å². The smallest absolute Gasteiger partial charge is 0.364 e. The molecular formula is C36H42N4O10. The van der Waals surface area contributed by atoms with Crippen molar-refractivity contribution in [2.45, 2.75) is 57.9 Å². The Balaban J connectivity index is 1.23. The standard InChI is InChI=1S/C36H42N4O10/c1-19-10-12-24(37-19)33(44)49-30-28(42)35(50-36(3,4)31(30)46-6)47-25-13-11-23-27(41)26(34(45)48-29(23)20(25)2)38-32(43)21-8-7-9-22(18-21)40-16-14-39(5)15-17-40/h7-13,18,28,30-31,35,37,41-42H,14-17H2,1-6H3,(H,38,43)/t28-,30+,31-,35-/m1/s1. The zero-order valence-corrected chi connectivity index (χ0v) is 28.8. The predicted molar refractivity (Wildman–Crippen MR) is 184 cm³/mol. The molecule has 2 fully saturated rings. The maximum absolute atomic E-state index is 13.3. The Labute approximate surface area is 288 Å². The number of hydrogen-bond donors (Lipinski definition) is 4. The zero-order valence-electron chi connectivity index (χ0n) is 28.8. The summed E-state index contributed by atoms with van der Waals surface area (Å²) in [5.41, 5.74) is 0.0382. The first-order chi connectivity index (χ1) is 23.8. The van der Waals surface area contributed by atoms with Gasteiger partial charge in [0, 0.05) is 55.8 Å². The quantitative estimate of drug-likeness (QED) is 0.157. The molecule has 14 heteroatoms. The van der Waals surface area contributed by atoms with E-state index in [9.17, 15) is 24.6 Å². The van der Waals surface area contributed by atoms with Gasteiger partial charge in [-0.05, 0) is 77.2 Å². The maximum Gasteiger partial charge on any atom is 0.364 e. The summed E-state index contributed by atoms with van der Waals surface area (Å²) in [5, 5.41) is 25.2. The van der Waals surface area contributed by atoms with Crippen LogP contribution >= 0.6 is 0 Å². The number of hydrogen-bond acceptors (Lipinski definition) is 12. The number of fused-ring (bicyclic) bond motifs is 1. The van der Waals surface area contributed by atoms with Crippen LogP contribution < -0.4 is 20.6 Å². The predicted octanol–water partition coefficient (Wildman–Crippen LogP) is 3.56. The Morgan fingerprint density at radius 3 is 2.48 bits per heavy atom. The van der Waals surface area contributed by atoms with Crippen molar-refractivity contribution in [3.05, 3.63) is 81.5 Å². The lowest BCUT2D eigenvalue weighted by Crippen LogP contribution is -2.65. The number of esters is 1. The number of methoxy groups -OCH3 is 1. The number of aliphatic hydroxyl groups is 1. The number of aryl methyl sites for hydroxylation is 2. The lowest BCUT2D eigenvalue weighted by molar-refractivity contribution is -0.305. The number of nitrogens with one attached hydrogen (secondary N) is 2. The monoisotopic (exact) mass is 690 g/mol. The molecule has 4 aromatic rings. The number of H-pyrrole nitrogens is 1. The van der Waals surface area contributed by atoms with Gasteiger partial charge < -0.3 is 53.7 Å². The van der Waals surface area contributed by atoms with Gasteiger partial charge in [-0.15, -0.1) is 0 Å². The lowest BCUT2D eigenvalue weighted by Gasteiger charge is -2.47. The topological polar surface area (TPSA) is 176 Å². The van der Waals surface area contributed by atoms with E-state index < -0.39 is 59.1 Å². The third-order valence-electron chi connectivity index (χ3n) is 9.27. The van der Waals surface area contributed by atoms with Crippen molar-refractivity contribution in [2.24, 2.45) is 0 Å². The largest absolute Gasteiger partial charge is 0.505 e. The van der Waals surface area contributed by atoms with E-state index in [1.54, 1.807) is 58.0 Å². The van der Waals surface area contributed by atoms with Crippen LogP contribution in [0.15, 0.2) is 57.7 Å². The summed E-state index contributed by atoms with van der Waals surface area (Å²) < 4.78 is 29.1. The van der Waals surface area contributed by atoms with E-state index in [2.05, 4.69) is 27.1 Å². The SMILES string of the molecule is CO[C@@H]1[C@@H](OC(=O)c2ccc(C)[nH]2)[C@@H](O)[C@H](Oc2ccc3c(O)c(NC(=O)c4cccc(N5CCN(C)CC5)c4)c(=O)oc3c2C)OC1(C)C. The summed E-state index contributed by atoms with van der Waals surface area (Å²) in [6, 6.07) is 13.4. The van der Waals surface area contributed by atoms with Crippen LogP contribution in [0.5, 0.6) is 11.5 Å². The molecule has 2 aromatic heterocycles. The highest BCUT2D eigenvalue weighted by atomic mass is 16.7. The first kappa shape index (κ1) is 35.0. The van der Waals surface area contributed by atoms with Gasteiger partial charge >= 0.3 is 11.6 Å². The van der Waals surface area contributed by atoms with Crippen LogP contribution in [-0.4, -0.2) is 103 Å². The number of likely N-dealkylation sites (N-methyl/N-ethyl adjacent to an activating group) is 1. The molecule has 6 rings (SSSR count). The maximum atomic E-state index is 13.3. The lowest BCUT2D eigenvalue weighted by atomic mass is 9.89. The van der Waals surface area contributed by atoms with Gasteiger partial charge in [-0.25, -0.2) is 9.59 Å². The highest BCUT2D eigenvalue weighted by Gasteiger charge is 2.53. The minimum Gasteiger partial charge on any atom is -0.505 e. The van der Waals surface area contributed by atoms with Crippen molar-refractivity contribution in [1.29, 1.82) is 0 Å². The van der Waals surface area contributed by atoms with E-state index >= 15 is 0 Å². The van der Waals surface area contributed by atoms with Gasteiger partial charge in [-0.3, -0.25) is 4.79 Å². The molecule has 4 atom stereocenters. The Hall–Kier alpha value is -4.89. The minimum atomic E-state index is -1.49. The second kappa shape index (κ2) is 13.8. The zero-order chi connectivity index (χ0) is 35.9. The number of amides is 1. The molecule has 2 saturated heterocycles. The molecule has 0 aliphatic carbocycles. The number of carbonyl (C=O) groups excluding carboxylic acids is 2. The number of carbonyl (C=O) groups is 2. The molecule has 14 nitrogen and oxygen atoms in total. The van der Waals surface area contributed by atoms with E-state index in [1.165, 1.54) is 19.2 Å². The number of anilines is 2. The van der Waals surface area contributed by atoms with Crippen LogP contribution in [0.1, 0.15) is 46.0 Å². The third-order valence-corrected chi connectivity index (χ3v) is 9.27. The first-order valence-corrected chi connectivity index (χ1v) is 16.3. The third kappa shape index (κ3) is 6.79. The molecule has 1 amide bonds. The number of aromatic amines is 1. The second-order valence-corrected chi connectivity index (χ2v) is 13.3. The number of piperazine rings is 1. The van der Waals surface area contributed by atoms with Crippen molar-refractivity contribution >= 4 is 34.2 Å². The Kier molecular flexibility index (Phi) is 9.64. The Bertz CT molecular complexity index is 1960. The number of aromatic hydroxyl groups is 1. The molecule has 4 N–H and O–H groups in total. The molecule has 2 aliphatic heterocycles. The van der Waals surface area contributed by atoms with Crippen LogP contribution in [0.2, 0.25) is 0 Å². The second-order valence-electron chi connectivity index (χ2n) is 13.3. The molecule has 266 valence electrons. The molecular weight excluding hydrogens is 648 g/mol. The number of aliphatic hydroxyl groups excluding tert-OH is 1. The number of ether oxygens (including phenoxy) is 4. The van der Waals surface area contributed by atoms with Crippen LogP contribution in [-0.2, 0) is 14.2 Å². The highest BCUT2D eigenvalue weighted by molar-refractivity contribution is 6.07. The van der Waals surface area contributed by atoms with Gasteiger partial charge in [0.2, 0.25) is 6.29 Å². The number of nitrogens with zero attached hydrogens (tertiary/aromatic N) is 2. The van der Waals surface area contributed by atoms with E-state index in [0.29, 0.717) is 11.1 Å². The van der Waals surface area contributed by atoms with Crippen LogP contribution in [0, 0.1) is 13.8 Å². The first-order valence-electron chi connectivity index (χ1n) is 16.3. The molecule has 0 bridgehead atoms. The van der Waals surface area contributed by atoms with Crippen molar-refractivity contribution < 1.29 is 43.2 Å². The van der Waals surface area contributed by atoms with Crippen LogP contribution in [0.25, 0.3) is 11.0 Å². The van der Waals surface area contributed by atoms with Gasteiger partial charge in [0.25, 0.3) is 5.91 Å². The summed E-state index contributed by atoms with van der Waals surface area (Å²) in [5.74, 6) is -1.58. The van der Waals surface area contributed by atoms with Gasteiger partial charge in [-0.1, -0.05) is 6.07 Å². The molecule has 4 heterocycles. The number of rotatable bonds is 8. The molecule has 50 heavy (non-hydrogen) atoms. The summed E-state index contributed by atoms with van der Waals surface area (Å²) in [6.07, 6.45) is -4.86. The van der Waals surface area contributed by atoms with Gasteiger partial charge in [-0.2, -0.15) is 0 Å². The highest BCUT2D eigenvalue weighted by Crippen LogP contribution is 2.39. The normalized spacial score (nSPS) is 22.3. The van der Waals surface area contributed by atoms with Crippen molar-refractivity contribution in [3.8, 4) is 11.5 Å². The number of aromatic nitrogens is 1. The Morgan fingerprint density at radius 1 is 1.06 bits per heavy atom. The fourth-order valence-corrected chi connectivity index (χ4v) is 6.44. The minimum absolute atomic E-state index is 0.00415. The number of benzene rings is 2. The van der Waals surface area contributed by atoms with Gasteiger partial charge in [0.05, 0.1) is 11.0 Å². The summed E-state index contributed by atoms with van der Waals surface area (Å²) in [4.78, 5) is 46.7. The molecule has 2 aliphatic rings. The van der Waals surface area contributed by atoms with E-state index in [1.807, 2.05) is 6.07 Å². The van der Waals surface area contributed by atoms with Gasteiger partial charge in [0.1, 0.15) is 23.1 Å². The molecule has 2 aromatic carbocycles. The molecule has 0 radical (unpaired) electrons. The average molecular weight is 691 g/mol. The van der Waals surface area contributed by atoms with Crippen LogP contribution in [0.3, 0.4) is 0 Å². The van der Waals surface area contributed by atoms with Crippen molar-refractivity contribution in [3.63, 3.8) is 0 Å². The fraction of sp³-hybridized carbons (Fsp3) is 0.417. The van der Waals surface area contributed by atoms with Crippen LogP contribution in [0.4, 0.5) is 11.4 Å². The van der Waals surface area contributed by atoms with E-state index in [-0.39, 0.29) is 22.4 Å². The summed E-state index contributed by atoms with van der Waals surface area (Å²) in [7, 11) is 3.49. The summed E-state index contributed by atoms with van der Waals surface area (Å²) >= 11 is 0. The van der Waals surface area contributed by atoms with E-state index in [4.69, 9.17) is 23.4 Å².